The highest BCUT2D eigenvalue weighted by Gasteiger charge is 2.03. The van der Waals surface area contributed by atoms with Crippen molar-refractivity contribution in [1.82, 2.24) is 15.0 Å². The van der Waals surface area contributed by atoms with E-state index in [1.165, 1.54) is 0 Å². The summed E-state index contributed by atoms with van der Waals surface area (Å²) in [4.78, 5) is 10.7. The largest absolute Gasteiger partial charge is 0.478 e. The summed E-state index contributed by atoms with van der Waals surface area (Å²) in [6.45, 7) is 1.27. The molecule has 0 bridgehead atoms. The fourth-order valence-electron chi connectivity index (χ4n) is 1.68. The summed E-state index contributed by atoms with van der Waals surface area (Å²) in [6.07, 6.45) is 2.46. The van der Waals surface area contributed by atoms with Crippen LogP contribution < -0.4 is 5.32 Å². The Bertz CT molecular complexity index is 565. The number of hydrogen-bond donors (Lipinski definition) is 3. The molecule has 0 aliphatic carbocycles. The number of aliphatic hydroxyl groups excluding tert-OH is 1. The molecule has 0 saturated carbocycles. The third kappa shape index (κ3) is 3.79. The maximum atomic E-state index is 10.7. The molecule has 20 heavy (non-hydrogen) atoms. The maximum Gasteiger partial charge on any atom is 0.335 e. The first-order valence-corrected chi connectivity index (χ1v) is 6.26. The Hall–Kier alpha value is -2.41. The second-order valence-corrected chi connectivity index (χ2v) is 4.29. The van der Waals surface area contributed by atoms with Crippen LogP contribution in [0.1, 0.15) is 22.5 Å². The van der Waals surface area contributed by atoms with Crippen LogP contribution in [0.4, 0.5) is 5.69 Å². The average Bonchev–Trinajstić information content (AvgIpc) is 2.91. The molecule has 0 saturated heterocycles. The molecule has 1 aromatic heterocycles. The maximum absolute atomic E-state index is 10.7. The van der Waals surface area contributed by atoms with Gasteiger partial charge in [-0.3, -0.25) is 4.68 Å². The van der Waals surface area contributed by atoms with E-state index in [-0.39, 0.29) is 12.2 Å². The molecule has 0 spiro atoms. The predicted molar refractivity (Wildman–Crippen MR) is 72.5 cm³/mol. The van der Waals surface area contributed by atoms with E-state index < -0.39 is 5.97 Å². The zero-order chi connectivity index (χ0) is 14.4. The highest BCUT2D eigenvalue weighted by Crippen LogP contribution is 2.10. The quantitative estimate of drug-likeness (QED) is 0.696. The lowest BCUT2D eigenvalue weighted by atomic mass is 10.2. The predicted octanol–water partition coefficient (Wildman–Crippen LogP) is 0.971. The summed E-state index contributed by atoms with van der Waals surface area (Å²) >= 11 is 0. The molecule has 7 nitrogen and oxygen atoms in total. The van der Waals surface area contributed by atoms with Crippen molar-refractivity contribution in [3.63, 3.8) is 0 Å². The number of aromatic nitrogens is 3. The molecule has 3 N–H and O–H groups in total. The summed E-state index contributed by atoms with van der Waals surface area (Å²) in [7, 11) is 0. The topological polar surface area (TPSA) is 100 Å². The van der Waals surface area contributed by atoms with E-state index in [4.69, 9.17) is 10.2 Å². The Kier molecular flexibility index (Phi) is 4.67. The first-order chi connectivity index (χ1) is 9.69. The van der Waals surface area contributed by atoms with Gasteiger partial charge >= 0.3 is 5.97 Å². The first kappa shape index (κ1) is 14.0. The van der Waals surface area contributed by atoms with Gasteiger partial charge in [-0.25, -0.2) is 4.79 Å². The van der Waals surface area contributed by atoms with Gasteiger partial charge in [0.05, 0.1) is 18.3 Å². The summed E-state index contributed by atoms with van der Waals surface area (Å²) in [6, 6.07) is 6.50. The van der Waals surface area contributed by atoms with Gasteiger partial charge in [0.15, 0.2) is 0 Å². The standard InChI is InChI=1S/C13H16N4O3/c18-7-1-6-17-9-12(15-16-17)8-14-11-4-2-10(3-5-11)13(19)20/h2-5,9,14,18H,1,6-8H2,(H,19,20). The Morgan fingerprint density at radius 1 is 1.30 bits per heavy atom. The zero-order valence-electron chi connectivity index (χ0n) is 10.9. The smallest absolute Gasteiger partial charge is 0.335 e. The minimum atomic E-state index is -0.941. The van der Waals surface area contributed by atoms with Gasteiger partial charge in [-0.1, -0.05) is 5.21 Å². The minimum absolute atomic E-state index is 0.128. The Morgan fingerprint density at radius 2 is 2.05 bits per heavy atom. The van der Waals surface area contributed by atoms with Crippen molar-refractivity contribution in [2.24, 2.45) is 0 Å². The summed E-state index contributed by atoms with van der Waals surface area (Å²) < 4.78 is 1.68. The monoisotopic (exact) mass is 276 g/mol. The summed E-state index contributed by atoms with van der Waals surface area (Å²) in [5.41, 5.74) is 1.86. The van der Waals surface area contributed by atoms with E-state index in [0.29, 0.717) is 19.5 Å². The Morgan fingerprint density at radius 3 is 2.70 bits per heavy atom. The van der Waals surface area contributed by atoms with E-state index in [9.17, 15) is 4.79 Å². The molecule has 0 amide bonds. The zero-order valence-corrected chi connectivity index (χ0v) is 10.9. The highest BCUT2D eigenvalue weighted by molar-refractivity contribution is 5.87. The van der Waals surface area contributed by atoms with Gasteiger partial charge < -0.3 is 15.5 Å². The molecule has 0 aliphatic heterocycles. The molecule has 0 aliphatic rings. The van der Waals surface area contributed by atoms with Crippen LogP contribution in [0.25, 0.3) is 0 Å². The molecule has 1 aromatic carbocycles. The SMILES string of the molecule is O=C(O)c1ccc(NCc2cn(CCCO)nn2)cc1. The molecule has 7 heteroatoms. The molecule has 0 atom stereocenters. The number of carbonyl (C=O) groups is 1. The van der Waals surface area contributed by atoms with Crippen molar-refractivity contribution in [3.8, 4) is 0 Å². The van der Waals surface area contributed by atoms with Crippen LogP contribution in [-0.4, -0.2) is 37.8 Å². The number of benzene rings is 1. The van der Waals surface area contributed by atoms with Crippen molar-refractivity contribution in [1.29, 1.82) is 0 Å². The fraction of sp³-hybridized carbons (Fsp3) is 0.308. The third-order valence-electron chi connectivity index (χ3n) is 2.74. The normalized spacial score (nSPS) is 10.4. The fourth-order valence-corrected chi connectivity index (χ4v) is 1.68. The van der Waals surface area contributed by atoms with Crippen LogP contribution in [0, 0.1) is 0 Å². The number of aryl methyl sites for hydroxylation is 1. The lowest BCUT2D eigenvalue weighted by Crippen LogP contribution is -2.01. The van der Waals surface area contributed by atoms with Crippen LogP contribution in [0.15, 0.2) is 30.5 Å². The Balaban J connectivity index is 1.88. The average molecular weight is 276 g/mol. The van der Waals surface area contributed by atoms with Crippen molar-refractivity contribution in [3.05, 3.63) is 41.7 Å². The second kappa shape index (κ2) is 6.67. The number of aromatic carboxylic acids is 1. The van der Waals surface area contributed by atoms with Crippen LogP contribution in [0.5, 0.6) is 0 Å². The number of hydrogen-bond acceptors (Lipinski definition) is 5. The molecular formula is C13H16N4O3. The number of nitrogens with one attached hydrogen (secondary N) is 1. The van der Waals surface area contributed by atoms with Crippen LogP contribution in [-0.2, 0) is 13.1 Å². The highest BCUT2D eigenvalue weighted by atomic mass is 16.4. The molecule has 0 unspecified atom stereocenters. The van der Waals surface area contributed by atoms with Gasteiger partial charge in [-0.05, 0) is 30.7 Å². The van der Waals surface area contributed by atoms with Gasteiger partial charge in [0.25, 0.3) is 0 Å². The van der Waals surface area contributed by atoms with E-state index in [2.05, 4.69) is 15.6 Å². The minimum Gasteiger partial charge on any atom is -0.478 e. The van der Waals surface area contributed by atoms with Crippen LogP contribution >= 0.6 is 0 Å². The molecule has 2 rings (SSSR count). The van der Waals surface area contributed by atoms with Gasteiger partial charge in [-0.2, -0.15) is 0 Å². The van der Waals surface area contributed by atoms with Crippen molar-refractivity contribution in [2.75, 3.05) is 11.9 Å². The first-order valence-electron chi connectivity index (χ1n) is 6.26. The second-order valence-electron chi connectivity index (χ2n) is 4.29. The summed E-state index contributed by atoms with van der Waals surface area (Å²) in [5.74, 6) is -0.941. The number of rotatable bonds is 7. The lowest BCUT2D eigenvalue weighted by Gasteiger charge is -2.04. The van der Waals surface area contributed by atoms with Gasteiger partial charge in [-0.15, -0.1) is 5.10 Å². The van der Waals surface area contributed by atoms with Crippen LogP contribution in [0.2, 0.25) is 0 Å². The van der Waals surface area contributed by atoms with Crippen molar-refractivity contribution < 1.29 is 15.0 Å². The van der Waals surface area contributed by atoms with Crippen LogP contribution in [0.3, 0.4) is 0 Å². The van der Waals surface area contributed by atoms with E-state index in [1.807, 2.05) is 6.20 Å². The Labute approximate surface area is 115 Å². The van der Waals surface area contributed by atoms with Gasteiger partial charge in [0, 0.05) is 18.8 Å². The van der Waals surface area contributed by atoms with E-state index >= 15 is 0 Å². The molecular weight excluding hydrogens is 260 g/mol. The van der Waals surface area contributed by atoms with Gasteiger partial charge in [0.1, 0.15) is 5.69 Å². The number of nitrogens with zero attached hydrogens (tertiary/aromatic N) is 3. The van der Waals surface area contributed by atoms with E-state index in [0.717, 1.165) is 11.4 Å². The number of carboxylic acid groups (broad SMARTS) is 1. The summed E-state index contributed by atoms with van der Waals surface area (Å²) in [5, 5.41) is 28.6. The van der Waals surface area contributed by atoms with E-state index in [1.54, 1.807) is 28.9 Å². The lowest BCUT2D eigenvalue weighted by molar-refractivity contribution is 0.0697. The number of carboxylic acids is 1. The van der Waals surface area contributed by atoms with Crippen molar-refractivity contribution in [2.45, 2.75) is 19.5 Å². The molecule has 0 radical (unpaired) electrons. The molecule has 0 fully saturated rings. The van der Waals surface area contributed by atoms with Crippen molar-refractivity contribution >= 4 is 11.7 Å². The molecule has 2 aromatic rings. The molecule has 1 heterocycles. The molecule has 106 valence electrons. The van der Waals surface area contributed by atoms with Gasteiger partial charge in [0.2, 0.25) is 0 Å². The number of anilines is 1. The third-order valence-corrected chi connectivity index (χ3v) is 2.74. The number of aliphatic hydroxyl groups is 1.